The Labute approximate surface area is 197 Å². The van der Waals surface area contributed by atoms with Gasteiger partial charge in [0.1, 0.15) is 6.29 Å². The molecule has 0 bridgehead atoms. The number of carboxylic acid groups (broad SMARTS) is 4. The van der Waals surface area contributed by atoms with Gasteiger partial charge in [-0.15, -0.1) is 0 Å². The molecule has 29 heavy (non-hydrogen) atoms. The molecule has 0 aliphatic heterocycles. The van der Waals surface area contributed by atoms with Crippen molar-refractivity contribution in [1.29, 1.82) is 0 Å². The van der Waals surface area contributed by atoms with Gasteiger partial charge in [0.05, 0.1) is 26.2 Å². The van der Waals surface area contributed by atoms with Crippen LogP contribution in [0, 0.1) is 39.9 Å². The summed E-state index contributed by atoms with van der Waals surface area (Å²) in [5, 5.41) is 35.2. The van der Waals surface area contributed by atoms with Crippen molar-refractivity contribution in [3.63, 3.8) is 0 Å². The molecule has 14 nitrogen and oxygen atoms in total. The van der Waals surface area contributed by atoms with Crippen molar-refractivity contribution in [2.45, 2.75) is 0 Å². The van der Waals surface area contributed by atoms with Crippen LogP contribution in [0.5, 0.6) is 0 Å². The molecule has 6 N–H and O–H groups in total. The van der Waals surface area contributed by atoms with Crippen LogP contribution in [-0.4, -0.2) is 127 Å². The zero-order valence-electron chi connectivity index (χ0n) is 15.2. The van der Waals surface area contributed by atoms with Crippen LogP contribution in [0.4, 0.5) is 0 Å². The van der Waals surface area contributed by atoms with E-state index in [0.717, 1.165) is 9.80 Å². The molecule has 0 unspecified atom stereocenters. The van der Waals surface area contributed by atoms with E-state index in [4.69, 9.17) is 30.2 Å². The van der Waals surface area contributed by atoms with Crippen molar-refractivity contribution >= 4 is 31.5 Å². The molecule has 0 aliphatic carbocycles. The molecule has 0 aromatic rings. The van der Waals surface area contributed by atoms with Crippen molar-refractivity contribution in [1.82, 2.24) is 14.7 Å². The summed E-state index contributed by atoms with van der Waals surface area (Å²) in [5.74, 6) is -5.12. The van der Waals surface area contributed by atoms with Crippen molar-refractivity contribution in [3.05, 3.63) is 0 Å². The van der Waals surface area contributed by atoms with E-state index in [9.17, 15) is 23.7 Å². The van der Waals surface area contributed by atoms with Gasteiger partial charge >= 0.3 is 31.5 Å². The first kappa shape index (κ1) is 30.4. The molecular weight excluding hydrogens is 562 g/mol. The molecule has 0 fully saturated rings. The zero-order valence-corrected chi connectivity index (χ0v) is 18.4. The number of nitrogens with zero attached hydrogens (tertiary/aromatic N) is 3. The van der Waals surface area contributed by atoms with Gasteiger partial charge in [0, 0.05) is 66.1 Å². The Morgan fingerprint density at radius 1 is 0.586 bits per heavy atom. The molecule has 0 aromatic carbocycles. The van der Waals surface area contributed by atoms with Crippen molar-refractivity contribution < 1.29 is 93.9 Å². The number of hydrogen-bond acceptors (Lipinski definition) is 8. The van der Waals surface area contributed by atoms with E-state index in [2.05, 4.69) is 0 Å². The van der Waals surface area contributed by atoms with E-state index < -0.39 is 63.9 Å². The fourth-order valence-electron chi connectivity index (χ4n) is 2.27. The van der Waals surface area contributed by atoms with E-state index >= 15 is 0 Å². The van der Waals surface area contributed by atoms with Crippen LogP contribution in [0.15, 0.2) is 0 Å². The molecule has 0 spiro atoms. The third-order valence-corrected chi connectivity index (χ3v) is 4.05. The van der Waals surface area contributed by atoms with E-state index in [0.29, 0.717) is 0 Å². The van der Waals surface area contributed by atoms with Crippen LogP contribution in [0.2, 0.25) is 0 Å². The number of carboxylic acids is 4. The summed E-state index contributed by atoms with van der Waals surface area (Å²) in [4.78, 5) is 64.8. The average molecular weight is 587 g/mol. The minimum atomic E-state index is -4.53. The first-order chi connectivity index (χ1) is 12.8. The number of hydrogen-bond donors (Lipinski definition) is 6. The maximum atomic E-state index is 11.3. The van der Waals surface area contributed by atoms with Gasteiger partial charge in [0.15, 0.2) is 0 Å². The molecule has 0 rings (SSSR count). The van der Waals surface area contributed by atoms with Gasteiger partial charge in [0.2, 0.25) is 0 Å². The second kappa shape index (κ2) is 15.1. The second-order valence-electron chi connectivity index (χ2n) is 5.92. The molecule has 0 atom stereocenters. The Balaban J connectivity index is 0. The number of aliphatic carboxylic acids is 4. The molecule has 0 amide bonds. The Morgan fingerprint density at radius 3 is 1.03 bits per heavy atom. The van der Waals surface area contributed by atoms with Gasteiger partial charge in [-0.2, -0.15) is 0 Å². The fourth-order valence-corrected chi connectivity index (χ4v) is 3.08. The zero-order chi connectivity index (χ0) is 21.9. The van der Waals surface area contributed by atoms with Gasteiger partial charge in [-0.1, -0.05) is 0 Å². The molecular formula is C13H24GdN3O11P. The predicted molar refractivity (Wildman–Crippen MR) is 91.9 cm³/mol. The van der Waals surface area contributed by atoms with E-state index in [1.54, 1.807) is 0 Å². The number of carbonyl (C=O) groups is 4. The average Bonchev–Trinajstić information content (AvgIpc) is 2.45. The maximum Gasteiger partial charge on any atom is 0.339 e. The van der Waals surface area contributed by atoms with Crippen LogP contribution >= 0.6 is 7.60 Å². The van der Waals surface area contributed by atoms with Gasteiger partial charge in [0.25, 0.3) is 0 Å². The smallest absolute Gasteiger partial charge is 0.339 e. The summed E-state index contributed by atoms with van der Waals surface area (Å²) in [6, 6.07) is 0. The van der Waals surface area contributed by atoms with Gasteiger partial charge in [-0.3, -0.25) is 38.4 Å². The quantitative estimate of drug-likeness (QED) is 0.102. The largest absolute Gasteiger partial charge is 0.480 e. The molecule has 0 radical (unpaired) electrons. The summed E-state index contributed by atoms with van der Waals surface area (Å²) in [7, 11) is -4.53. The molecule has 0 heterocycles. The van der Waals surface area contributed by atoms with Crippen molar-refractivity contribution in [2.24, 2.45) is 0 Å². The monoisotopic (exact) mass is 587 g/mol. The SMILES string of the molecule is O=C(O)CN(CCN(CCN(CC(=O)O)CC(=O)O)CP(=O)(O)O)CC(=O)O.[Gd]. The molecule has 0 saturated carbocycles. The van der Waals surface area contributed by atoms with Gasteiger partial charge < -0.3 is 30.2 Å². The summed E-state index contributed by atoms with van der Waals surface area (Å²) in [6.45, 7) is -2.92. The molecule has 0 saturated heterocycles. The summed E-state index contributed by atoms with van der Waals surface area (Å²) in [6.07, 6.45) is -0.741. The molecule has 0 aliphatic rings. The van der Waals surface area contributed by atoms with E-state index in [1.807, 2.05) is 0 Å². The first-order valence-electron chi connectivity index (χ1n) is 7.87. The van der Waals surface area contributed by atoms with Crippen LogP contribution in [0.1, 0.15) is 0 Å². The standard InChI is InChI=1S/C13H24N3O11P.Gd/c17-10(18)5-15(6-11(19)20)3-1-14(9-28(25,26)27)2-4-16(7-12(21)22)8-13(23)24;/h1-9H2,(H,17,18)(H,19,20)(H,21,22)(H,23,24)(H2,25,26,27);. The summed E-state index contributed by atoms with van der Waals surface area (Å²) in [5.41, 5.74) is 0. The molecule has 0 aromatic heterocycles. The second-order valence-corrected chi connectivity index (χ2v) is 7.53. The Kier molecular flexibility index (Phi) is 15.8. The summed E-state index contributed by atoms with van der Waals surface area (Å²) < 4.78 is 11.3. The maximum absolute atomic E-state index is 11.3. The number of rotatable bonds is 16. The fraction of sp³-hybridized carbons (Fsp3) is 0.692. The molecule has 170 valence electrons. The third-order valence-electron chi connectivity index (χ3n) is 3.28. The minimum Gasteiger partial charge on any atom is -0.480 e. The van der Waals surface area contributed by atoms with E-state index in [-0.39, 0.29) is 66.1 Å². The Hall–Kier alpha value is -0.765. The third kappa shape index (κ3) is 19.0. The van der Waals surface area contributed by atoms with E-state index in [1.165, 1.54) is 4.90 Å². The summed E-state index contributed by atoms with van der Waals surface area (Å²) >= 11 is 0. The van der Waals surface area contributed by atoms with Gasteiger partial charge in [-0.25, -0.2) is 0 Å². The van der Waals surface area contributed by atoms with Crippen LogP contribution in [-0.2, 0) is 23.7 Å². The normalized spacial score (nSPS) is 11.5. The van der Waals surface area contributed by atoms with Gasteiger partial charge in [-0.05, 0) is 0 Å². The topological polar surface area (TPSA) is 216 Å². The van der Waals surface area contributed by atoms with Crippen molar-refractivity contribution in [2.75, 3.05) is 58.6 Å². The van der Waals surface area contributed by atoms with Crippen LogP contribution < -0.4 is 0 Å². The van der Waals surface area contributed by atoms with Crippen LogP contribution in [0.3, 0.4) is 0 Å². The first-order valence-corrected chi connectivity index (χ1v) is 9.67. The Bertz CT molecular complexity index is 543. The predicted octanol–water partition coefficient (Wildman–Crippen LogP) is -2.63. The van der Waals surface area contributed by atoms with Crippen molar-refractivity contribution in [3.8, 4) is 0 Å². The van der Waals surface area contributed by atoms with Crippen LogP contribution in [0.25, 0.3) is 0 Å². The Morgan fingerprint density at radius 2 is 0.828 bits per heavy atom. The minimum absolute atomic E-state index is 0. The molecule has 16 heteroatoms.